The number of nitrogens with zero attached hydrogens (tertiary/aromatic N) is 1. The smallest absolute Gasteiger partial charge is 0.183 e. The molecule has 3 nitrogen and oxygen atoms in total. The normalized spacial score (nSPS) is 21.4. The molecule has 0 saturated carbocycles. The highest BCUT2D eigenvalue weighted by molar-refractivity contribution is 7.31. The van der Waals surface area contributed by atoms with E-state index in [1.165, 1.54) is 35.0 Å². The molecule has 0 radical (unpaired) electrons. The molecule has 1 N–H and O–H groups in total. The number of nitrogens with one attached hydrogen (secondary N) is 1. The summed E-state index contributed by atoms with van der Waals surface area (Å²) in [5.41, 5.74) is 3.43. The third-order valence-electron chi connectivity index (χ3n) is 5.40. The van der Waals surface area contributed by atoms with Crippen LogP contribution >= 0.6 is 9.24 Å². The summed E-state index contributed by atoms with van der Waals surface area (Å²) in [5, 5.41) is 5.03. The summed E-state index contributed by atoms with van der Waals surface area (Å²) in [4.78, 5) is 2.37. The number of hydrogen-bond donors (Lipinski definition) is 1. The van der Waals surface area contributed by atoms with Crippen molar-refractivity contribution in [2.75, 3.05) is 20.1 Å². The molecule has 1 aromatic carbocycles. The summed E-state index contributed by atoms with van der Waals surface area (Å²) in [6.45, 7) is 6.56. The first-order valence-electron chi connectivity index (χ1n) is 10.0. The predicted molar refractivity (Wildman–Crippen MR) is 115 cm³/mol. The van der Waals surface area contributed by atoms with Crippen molar-refractivity contribution in [3.63, 3.8) is 0 Å². The molecule has 4 heteroatoms. The van der Waals surface area contributed by atoms with Crippen LogP contribution in [-0.4, -0.2) is 30.8 Å². The average Bonchev–Trinajstić information content (AvgIpc) is 2.64. The van der Waals surface area contributed by atoms with Gasteiger partial charge in [0.15, 0.2) is 5.72 Å². The maximum absolute atomic E-state index is 6.51. The van der Waals surface area contributed by atoms with E-state index in [0.29, 0.717) is 0 Å². The molecule has 0 aliphatic carbocycles. The Bertz CT molecular complexity index is 687. The molecular formula is C22H33N2OP. The van der Waals surface area contributed by atoms with E-state index in [-0.39, 0.29) is 5.72 Å². The third kappa shape index (κ3) is 4.32. The predicted octanol–water partition coefficient (Wildman–Crippen LogP) is 5.25. The van der Waals surface area contributed by atoms with E-state index in [0.717, 1.165) is 44.5 Å². The van der Waals surface area contributed by atoms with Gasteiger partial charge in [-0.15, -0.1) is 9.24 Å². The fourth-order valence-electron chi connectivity index (χ4n) is 3.71. The summed E-state index contributed by atoms with van der Waals surface area (Å²) in [6.07, 6.45) is 11.3. The first-order valence-corrected chi connectivity index (χ1v) is 10.6. The molecular weight excluding hydrogens is 339 g/mol. The van der Waals surface area contributed by atoms with Gasteiger partial charge in [0.2, 0.25) is 0 Å². The average molecular weight is 372 g/mol. The van der Waals surface area contributed by atoms with Gasteiger partial charge in [0.05, 0.1) is 0 Å². The molecule has 0 bridgehead atoms. The molecule has 2 aliphatic heterocycles. The monoisotopic (exact) mass is 372 g/mol. The number of hydrogen-bond acceptors (Lipinski definition) is 3. The summed E-state index contributed by atoms with van der Waals surface area (Å²) in [6, 6.07) is 6.63. The third-order valence-corrected chi connectivity index (χ3v) is 5.96. The van der Waals surface area contributed by atoms with Gasteiger partial charge in [-0.25, -0.2) is 0 Å². The van der Waals surface area contributed by atoms with Crippen molar-refractivity contribution in [2.24, 2.45) is 0 Å². The van der Waals surface area contributed by atoms with Crippen molar-refractivity contribution in [2.45, 2.75) is 58.1 Å². The number of rotatable bonds is 5. The van der Waals surface area contributed by atoms with Crippen molar-refractivity contribution in [3.05, 3.63) is 41.5 Å². The summed E-state index contributed by atoms with van der Waals surface area (Å²) in [7, 11) is 5.09. The van der Waals surface area contributed by atoms with E-state index in [2.05, 4.69) is 70.7 Å². The standard InChI is InChI=1S/C22H33N2OP/c1-4-6-7-9-21(26)17-10-11-20-18(16-17)19(8-5-2)23-22(25-20)12-14-24(3)15-13-22/h8-11,16,23H,4-7,12-15,26H2,1-3H3/b19-8+,21-9-. The molecule has 1 saturated heterocycles. The molecule has 0 aromatic heterocycles. The van der Waals surface area contributed by atoms with Crippen molar-refractivity contribution in [1.82, 2.24) is 10.2 Å². The number of ether oxygens (including phenoxy) is 1. The van der Waals surface area contributed by atoms with Gasteiger partial charge >= 0.3 is 0 Å². The van der Waals surface area contributed by atoms with Crippen molar-refractivity contribution >= 4 is 20.3 Å². The van der Waals surface area contributed by atoms with Crippen molar-refractivity contribution in [1.29, 1.82) is 0 Å². The van der Waals surface area contributed by atoms with Gasteiger partial charge in [0, 0.05) is 37.2 Å². The molecule has 1 spiro atoms. The van der Waals surface area contributed by atoms with E-state index >= 15 is 0 Å². The van der Waals surface area contributed by atoms with Crippen LogP contribution in [-0.2, 0) is 0 Å². The first-order chi connectivity index (χ1) is 12.6. The Morgan fingerprint density at radius 1 is 1.31 bits per heavy atom. The minimum Gasteiger partial charge on any atom is -0.467 e. The minimum absolute atomic E-state index is 0.247. The molecule has 3 rings (SSSR count). The number of piperidine rings is 1. The summed E-state index contributed by atoms with van der Waals surface area (Å²) < 4.78 is 6.51. The van der Waals surface area contributed by atoms with Crippen molar-refractivity contribution < 1.29 is 4.74 Å². The highest BCUT2D eigenvalue weighted by atomic mass is 31.0. The SMILES string of the molecule is CC/C=C1/NC2(CCN(C)CC2)Oc2ccc(/C(P)=C/CCCC)cc21. The number of benzene rings is 1. The quantitative estimate of drug-likeness (QED) is 0.564. The zero-order valence-electron chi connectivity index (χ0n) is 16.5. The van der Waals surface area contributed by atoms with Gasteiger partial charge in [-0.1, -0.05) is 44.9 Å². The highest BCUT2D eigenvalue weighted by Gasteiger charge is 2.40. The molecule has 2 aliphatic rings. The fourth-order valence-corrected chi connectivity index (χ4v) is 4.06. The molecule has 26 heavy (non-hydrogen) atoms. The van der Waals surface area contributed by atoms with Crippen molar-refractivity contribution in [3.8, 4) is 5.75 Å². The minimum atomic E-state index is -0.247. The van der Waals surface area contributed by atoms with Gasteiger partial charge in [-0.3, -0.25) is 0 Å². The Balaban J connectivity index is 1.89. The second-order valence-electron chi connectivity index (χ2n) is 7.56. The maximum Gasteiger partial charge on any atom is 0.183 e. The molecule has 1 aromatic rings. The number of allylic oxidation sites excluding steroid dienone is 2. The number of fused-ring (bicyclic) bond motifs is 1. The largest absolute Gasteiger partial charge is 0.467 e. The van der Waals surface area contributed by atoms with Crippen LogP contribution in [0.5, 0.6) is 5.75 Å². The Hall–Kier alpha value is -1.31. The summed E-state index contributed by atoms with van der Waals surface area (Å²) in [5.74, 6) is 1.02. The van der Waals surface area contributed by atoms with Crippen LogP contribution < -0.4 is 10.1 Å². The molecule has 1 fully saturated rings. The van der Waals surface area contributed by atoms with Crippen LogP contribution in [0.4, 0.5) is 0 Å². The molecule has 0 amide bonds. The van der Waals surface area contributed by atoms with Gasteiger partial charge in [-0.2, -0.15) is 0 Å². The Morgan fingerprint density at radius 2 is 2.08 bits per heavy atom. The van der Waals surface area contributed by atoms with E-state index in [1.807, 2.05) is 0 Å². The van der Waals surface area contributed by atoms with Crippen LogP contribution in [0.3, 0.4) is 0 Å². The highest BCUT2D eigenvalue weighted by Crippen LogP contribution is 2.40. The van der Waals surface area contributed by atoms with Crippen LogP contribution in [0.1, 0.15) is 63.5 Å². The van der Waals surface area contributed by atoms with Gasteiger partial charge < -0.3 is 15.0 Å². The lowest BCUT2D eigenvalue weighted by Gasteiger charge is -2.45. The van der Waals surface area contributed by atoms with Gasteiger partial charge in [0.25, 0.3) is 0 Å². The molecule has 1 unspecified atom stereocenters. The molecule has 1 atom stereocenters. The topological polar surface area (TPSA) is 24.5 Å². The van der Waals surface area contributed by atoms with Crippen LogP contribution in [0.2, 0.25) is 0 Å². The van der Waals surface area contributed by atoms with Gasteiger partial charge in [-0.05, 0) is 42.9 Å². The maximum atomic E-state index is 6.51. The lowest BCUT2D eigenvalue weighted by atomic mass is 9.95. The Kier molecular flexibility index (Phi) is 6.42. The molecule has 2 heterocycles. The lowest BCUT2D eigenvalue weighted by Crippen LogP contribution is -2.57. The van der Waals surface area contributed by atoms with E-state index in [1.54, 1.807) is 0 Å². The van der Waals surface area contributed by atoms with E-state index in [9.17, 15) is 0 Å². The second-order valence-corrected chi connectivity index (χ2v) is 8.19. The summed E-state index contributed by atoms with van der Waals surface area (Å²) >= 11 is 0. The van der Waals surface area contributed by atoms with E-state index in [4.69, 9.17) is 4.74 Å². The second kappa shape index (κ2) is 8.59. The number of unbranched alkanes of at least 4 members (excludes halogenated alkanes) is 2. The Morgan fingerprint density at radius 3 is 2.77 bits per heavy atom. The van der Waals surface area contributed by atoms with Crippen LogP contribution in [0, 0.1) is 0 Å². The fraction of sp³-hybridized carbons (Fsp3) is 0.545. The first kappa shape index (κ1) is 19.5. The molecule has 142 valence electrons. The van der Waals surface area contributed by atoms with Crippen LogP contribution in [0.25, 0.3) is 11.0 Å². The van der Waals surface area contributed by atoms with E-state index < -0.39 is 0 Å². The van der Waals surface area contributed by atoms with Crippen LogP contribution in [0.15, 0.2) is 30.4 Å². The van der Waals surface area contributed by atoms with Gasteiger partial charge in [0.1, 0.15) is 5.75 Å². The Labute approximate surface area is 161 Å². The number of likely N-dealkylation sites (tertiary alicyclic amines) is 1. The zero-order valence-corrected chi connectivity index (χ0v) is 17.6. The zero-order chi connectivity index (χ0) is 18.6. The lowest BCUT2D eigenvalue weighted by molar-refractivity contribution is -0.0132.